The molecule has 3 N–H and O–H groups in total. The van der Waals surface area contributed by atoms with Gasteiger partial charge in [-0.05, 0) is 12.3 Å². The number of nitrogens with two attached hydrogens (primary N) is 1. The molecule has 6 nitrogen and oxygen atoms in total. The zero-order valence-corrected chi connectivity index (χ0v) is 10.7. The van der Waals surface area contributed by atoms with Gasteiger partial charge in [-0.25, -0.2) is 4.98 Å². The predicted octanol–water partition coefficient (Wildman–Crippen LogP) is 1.31. The van der Waals surface area contributed by atoms with E-state index in [4.69, 9.17) is 5.73 Å². The van der Waals surface area contributed by atoms with Crippen LogP contribution in [0.15, 0.2) is 11.1 Å². The standard InChI is InChI=1S/C11H15N5O.ClH/c12-11-15-9-8(13-6-14-9)10(17)16(11)5-4-7-2-1-3-7;/h6-7H,1-5H2,(H2,12,15)(H,13,14);1H. The Morgan fingerprint density at radius 1 is 1.50 bits per heavy atom. The van der Waals surface area contributed by atoms with Gasteiger partial charge in [0.25, 0.3) is 5.56 Å². The summed E-state index contributed by atoms with van der Waals surface area (Å²) < 4.78 is 1.54. The van der Waals surface area contributed by atoms with Gasteiger partial charge in [0.15, 0.2) is 11.2 Å². The number of nitrogens with zero attached hydrogens (tertiary/aromatic N) is 3. The molecule has 2 aromatic heterocycles. The second-order valence-electron chi connectivity index (χ2n) is 4.61. The molecular weight excluding hydrogens is 254 g/mol. The highest BCUT2D eigenvalue weighted by Crippen LogP contribution is 2.29. The van der Waals surface area contributed by atoms with Crippen LogP contribution in [0.2, 0.25) is 0 Å². The van der Waals surface area contributed by atoms with E-state index >= 15 is 0 Å². The lowest BCUT2D eigenvalue weighted by atomic mass is 9.83. The number of halogens is 1. The molecule has 1 saturated carbocycles. The summed E-state index contributed by atoms with van der Waals surface area (Å²) >= 11 is 0. The summed E-state index contributed by atoms with van der Waals surface area (Å²) in [5.74, 6) is 1.01. The number of fused-ring (bicyclic) bond motifs is 1. The summed E-state index contributed by atoms with van der Waals surface area (Å²) in [6.45, 7) is 0.650. The van der Waals surface area contributed by atoms with Crippen LogP contribution in [0.1, 0.15) is 25.7 Å². The van der Waals surface area contributed by atoms with Crippen molar-refractivity contribution in [1.82, 2.24) is 19.5 Å². The van der Waals surface area contributed by atoms with E-state index in [1.54, 1.807) is 4.57 Å². The number of imidazole rings is 1. The lowest BCUT2D eigenvalue weighted by Crippen LogP contribution is -2.26. The van der Waals surface area contributed by atoms with Gasteiger partial charge in [0.1, 0.15) is 0 Å². The third-order valence-electron chi connectivity index (χ3n) is 3.56. The van der Waals surface area contributed by atoms with Crippen LogP contribution in [0.4, 0.5) is 5.95 Å². The van der Waals surface area contributed by atoms with Gasteiger partial charge in [0.2, 0.25) is 5.95 Å². The van der Waals surface area contributed by atoms with E-state index in [0.29, 0.717) is 17.7 Å². The molecule has 18 heavy (non-hydrogen) atoms. The van der Waals surface area contributed by atoms with Crippen molar-refractivity contribution in [3.63, 3.8) is 0 Å². The smallest absolute Gasteiger partial charge is 0.280 e. The summed E-state index contributed by atoms with van der Waals surface area (Å²) in [6, 6.07) is 0. The quantitative estimate of drug-likeness (QED) is 0.879. The average Bonchev–Trinajstić information content (AvgIpc) is 2.68. The summed E-state index contributed by atoms with van der Waals surface area (Å²) in [4.78, 5) is 23.0. The van der Waals surface area contributed by atoms with Crippen molar-refractivity contribution in [2.24, 2.45) is 5.92 Å². The molecule has 3 rings (SSSR count). The van der Waals surface area contributed by atoms with Gasteiger partial charge in [0, 0.05) is 6.54 Å². The molecule has 0 aliphatic heterocycles. The Kier molecular flexibility index (Phi) is 3.56. The highest BCUT2D eigenvalue weighted by atomic mass is 35.5. The van der Waals surface area contributed by atoms with Crippen LogP contribution in [0, 0.1) is 5.92 Å². The molecule has 1 aliphatic rings. The van der Waals surface area contributed by atoms with E-state index in [1.807, 2.05) is 0 Å². The van der Waals surface area contributed by atoms with Crippen LogP contribution in [-0.2, 0) is 6.54 Å². The Hall–Kier alpha value is -1.56. The van der Waals surface area contributed by atoms with E-state index in [2.05, 4.69) is 15.0 Å². The number of aromatic amines is 1. The number of rotatable bonds is 3. The maximum Gasteiger partial charge on any atom is 0.280 e. The fourth-order valence-electron chi connectivity index (χ4n) is 2.25. The van der Waals surface area contributed by atoms with Gasteiger partial charge in [-0.3, -0.25) is 9.36 Å². The molecule has 0 radical (unpaired) electrons. The van der Waals surface area contributed by atoms with Crippen LogP contribution in [0.3, 0.4) is 0 Å². The summed E-state index contributed by atoms with van der Waals surface area (Å²) in [5.41, 5.74) is 6.50. The fraction of sp³-hybridized carbons (Fsp3) is 0.545. The maximum absolute atomic E-state index is 12.1. The van der Waals surface area contributed by atoms with Crippen LogP contribution in [-0.4, -0.2) is 19.5 Å². The molecule has 1 fully saturated rings. The summed E-state index contributed by atoms with van der Waals surface area (Å²) in [5, 5.41) is 0. The van der Waals surface area contributed by atoms with E-state index < -0.39 is 0 Å². The van der Waals surface area contributed by atoms with Gasteiger partial charge >= 0.3 is 0 Å². The second-order valence-corrected chi connectivity index (χ2v) is 4.61. The molecule has 0 bridgehead atoms. The first-order chi connectivity index (χ1) is 8.25. The number of nitrogen functional groups attached to an aromatic ring is 1. The lowest BCUT2D eigenvalue weighted by molar-refractivity contribution is 0.281. The monoisotopic (exact) mass is 269 g/mol. The Balaban J connectivity index is 0.00000120. The summed E-state index contributed by atoms with van der Waals surface area (Å²) in [7, 11) is 0. The van der Waals surface area contributed by atoms with Gasteiger partial charge in [0.05, 0.1) is 6.33 Å². The van der Waals surface area contributed by atoms with Crippen molar-refractivity contribution in [3.8, 4) is 0 Å². The highest BCUT2D eigenvalue weighted by Gasteiger charge is 2.18. The second kappa shape index (κ2) is 4.97. The highest BCUT2D eigenvalue weighted by molar-refractivity contribution is 5.85. The average molecular weight is 270 g/mol. The van der Waals surface area contributed by atoms with E-state index in [0.717, 1.165) is 12.3 Å². The van der Waals surface area contributed by atoms with E-state index in [-0.39, 0.29) is 23.9 Å². The maximum atomic E-state index is 12.1. The Bertz CT molecular complexity index is 601. The molecule has 0 spiro atoms. The molecule has 0 atom stereocenters. The third kappa shape index (κ3) is 2.08. The van der Waals surface area contributed by atoms with E-state index in [1.165, 1.54) is 25.6 Å². The number of aromatic nitrogens is 4. The fourth-order valence-corrected chi connectivity index (χ4v) is 2.25. The Morgan fingerprint density at radius 3 is 2.94 bits per heavy atom. The van der Waals surface area contributed by atoms with Gasteiger partial charge < -0.3 is 10.7 Å². The minimum absolute atomic E-state index is 0. The van der Waals surface area contributed by atoms with Crippen molar-refractivity contribution in [2.75, 3.05) is 5.73 Å². The molecule has 1 aliphatic carbocycles. The zero-order valence-electron chi connectivity index (χ0n) is 9.93. The molecule has 2 heterocycles. The number of hydrogen-bond donors (Lipinski definition) is 2. The van der Waals surface area contributed by atoms with Gasteiger partial charge in [-0.2, -0.15) is 4.98 Å². The largest absolute Gasteiger partial charge is 0.369 e. The number of nitrogens with one attached hydrogen (secondary N) is 1. The zero-order chi connectivity index (χ0) is 11.8. The number of anilines is 1. The minimum Gasteiger partial charge on any atom is -0.369 e. The van der Waals surface area contributed by atoms with Crippen molar-refractivity contribution in [2.45, 2.75) is 32.2 Å². The molecule has 0 unspecified atom stereocenters. The normalized spacial score (nSPS) is 15.3. The predicted molar refractivity (Wildman–Crippen MR) is 71.8 cm³/mol. The topological polar surface area (TPSA) is 89.6 Å². The first kappa shape index (κ1) is 12.9. The van der Waals surface area contributed by atoms with Crippen LogP contribution >= 0.6 is 12.4 Å². The van der Waals surface area contributed by atoms with Gasteiger partial charge in [-0.15, -0.1) is 12.4 Å². The van der Waals surface area contributed by atoms with Crippen molar-refractivity contribution in [1.29, 1.82) is 0 Å². The number of hydrogen-bond acceptors (Lipinski definition) is 4. The molecule has 0 amide bonds. The number of H-pyrrole nitrogens is 1. The van der Waals surface area contributed by atoms with Crippen molar-refractivity contribution >= 4 is 29.5 Å². The van der Waals surface area contributed by atoms with Crippen molar-refractivity contribution in [3.05, 3.63) is 16.7 Å². The Morgan fingerprint density at radius 2 is 2.28 bits per heavy atom. The first-order valence-corrected chi connectivity index (χ1v) is 5.95. The molecular formula is C11H16ClN5O. The molecule has 98 valence electrons. The SMILES string of the molecule is Cl.Nc1nc2nc[nH]c2c(=O)n1CCC1CCC1. The molecule has 0 saturated heterocycles. The van der Waals surface area contributed by atoms with E-state index in [9.17, 15) is 4.79 Å². The molecule has 0 aromatic carbocycles. The van der Waals surface area contributed by atoms with Crippen LogP contribution in [0.25, 0.3) is 11.2 Å². The van der Waals surface area contributed by atoms with Crippen molar-refractivity contribution < 1.29 is 0 Å². The lowest BCUT2D eigenvalue weighted by Gasteiger charge is -2.25. The van der Waals surface area contributed by atoms with Crippen LogP contribution in [0.5, 0.6) is 0 Å². The minimum atomic E-state index is -0.121. The summed E-state index contributed by atoms with van der Waals surface area (Å²) in [6.07, 6.45) is 6.33. The third-order valence-corrected chi connectivity index (χ3v) is 3.56. The van der Waals surface area contributed by atoms with Crippen LogP contribution < -0.4 is 11.3 Å². The first-order valence-electron chi connectivity index (χ1n) is 5.95. The Labute approximate surface area is 110 Å². The molecule has 7 heteroatoms. The molecule has 2 aromatic rings. The van der Waals surface area contributed by atoms with Gasteiger partial charge in [-0.1, -0.05) is 19.3 Å².